The molecule has 0 bridgehead atoms. The molecular formula is C30H22F3N5O3S2. The Labute approximate surface area is 247 Å². The number of rotatable bonds is 5. The number of fused-ring (bicyclic) bond motifs is 2. The monoisotopic (exact) mass is 621 g/mol. The number of aliphatic hydroxyl groups is 1. The zero-order valence-electron chi connectivity index (χ0n) is 22.4. The third kappa shape index (κ3) is 4.46. The van der Waals surface area contributed by atoms with Crippen LogP contribution in [0, 0.1) is 6.92 Å². The highest BCUT2D eigenvalue weighted by molar-refractivity contribution is 7.90. The largest absolute Gasteiger partial charge is 0.417 e. The summed E-state index contributed by atoms with van der Waals surface area (Å²) in [5.41, 5.74) is 0.501. The topological polar surface area (TPSA) is 103 Å². The van der Waals surface area contributed by atoms with Gasteiger partial charge in [0.1, 0.15) is 16.4 Å². The van der Waals surface area contributed by atoms with Crippen LogP contribution >= 0.6 is 11.3 Å². The Morgan fingerprint density at radius 1 is 1.07 bits per heavy atom. The predicted octanol–water partition coefficient (Wildman–Crippen LogP) is 6.23. The smallest absolute Gasteiger partial charge is 0.377 e. The normalized spacial score (nSPS) is 17.0. The number of aromatic nitrogens is 5. The van der Waals surface area contributed by atoms with Crippen LogP contribution in [0.15, 0.2) is 89.7 Å². The number of hydrogen-bond acceptors (Lipinski definition) is 7. The second-order valence-corrected chi connectivity index (χ2v) is 13.1. The SMILES string of the molecule is Cc1ccc(S(=O)(=O)n2cc(-c3nc(-c4cccc([C@@]5(O)CCn6ccnc65)c4)cs3)c3cc(C(F)(F)F)cnc32)cc1. The molecule has 7 rings (SSSR count). The van der Waals surface area contributed by atoms with Crippen molar-refractivity contribution in [1.82, 2.24) is 23.5 Å². The van der Waals surface area contributed by atoms with Crippen molar-refractivity contribution in [3.05, 3.63) is 107 Å². The summed E-state index contributed by atoms with van der Waals surface area (Å²) in [5, 5.41) is 13.6. The quantitative estimate of drug-likeness (QED) is 0.245. The molecule has 0 saturated carbocycles. The fourth-order valence-corrected chi connectivity index (χ4v) is 7.58. The van der Waals surface area contributed by atoms with Crippen LogP contribution in [0.4, 0.5) is 13.2 Å². The van der Waals surface area contributed by atoms with Crippen molar-refractivity contribution in [3.63, 3.8) is 0 Å². The number of nitrogens with zero attached hydrogens (tertiary/aromatic N) is 5. The Hall–Kier alpha value is -4.33. The van der Waals surface area contributed by atoms with E-state index in [2.05, 4.69) is 9.97 Å². The van der Waals surface area contributed by atoms with Crippen molar-refractivity contribution in [2.75, 3.05) is 0 Å². The summed E-state index contributed by atoms with van der Waals surface area (Å²) in [7, 11) is -4.19. The van der Waals surface area contributed by atoms with Crippen LogP contribution in [0.5, 0.6) is 0 Å². The Bertz CT molecular complexity index is 2130. The maximum atomic E-state index is 13.7. The summed E-state index contributed by atoms with van der Waals surface area (Å²) < 4.78 is 71.1. The van der Waals surface area contributed by atoms with Crippen molar-refractivity contribution in [2.45, 2.75) is 36.6 Å². The van der Waals surface area contributed by atoms with Gasteiger partial charge >= 0.3 is 6.18 Å². The Morgan fingerprint density at radius 3 is 2.63 bits per heavy atom. The van der Waals surface area contributed by atoms with Gasteiger partial charge in [-0.1, -0.05) is 35.9 Å². The fourth-order valence-electron chi connectivity index (χ4n) is 5.40. The van der Waals surface area contributed by atoms with Crippen LogP contribution in [0.2, 0.25) is 0 Å². The average molecular weight is 622 g/mol. The number of halogens is 3. The van der Waals surface area contributed by atoms with Gasteiger partial charge in [-0.2, -0.15) is 13.2 Å². The number of benzene rings is 2. The van der Waals surface area contributed by atoms with Gasteiger partial charge in [-0.15, -0.1) is 11.3 Å². The van der Waals surface area contributed by atoms with Crippen LogP contribution in [0.3, 0.4) is 0 Å². The zero-order valence-corrected chi connectivity index (χ0v) is 24.1. The fraction of sp³-hybridized carbons (Fsp3) is 0.167. The molecule has 0 saturated heterocycles. The Kier molecular flexibility index (Phi) is 6.13. The molecule has 0 amide bonds. The van der Waals surface area contributed by atoms with Crippen LogP contribution < -0.4 is 0 Å². The highest BCUT2D eigenvalue weighted by Crippen LogP contribution is 2.41. The van der Waals surface area contributed by atoms with E-state index >= 15 is 0 Å². The van der Waals surface area contributed by atoms with Crippen molar-refractivity contribution in [3.8, 4) is 21.8 Å². The van der Waals surface area contributed by atoms with Gasteiger partial charge in [0.2, 0.25) is 0 Å². The molecule has 13 heteroatoms. The van der Waals surface area contributed by atoms with E-state index in [-0.39, 0.29) is 21.5 Å². The third-order valence-corrected chi connectivity index (χ3v) is 10.2. The predicted molar refractivity (Wildman–Crippen MR) is 155 cm³/mol. The molecule has 8 nitrogen and oxygen atoms in total. The highest BCUT2D eigenvalue weighted by atomic mass is 32.2. The van der Waals surface area contributed by atoms with Gasteiger partial charge in [-0.05, 0) is 36.8 Å². The molecular weight excluding hydrogens is 599 g/mol. The summed E-state index contributed by atoms with van der Waals surface area (Å²) in [6, 6.07) is 14.3. The average Bonchev–Trinajstić information content (AvgIpc) is 3.77. The second-order valence-electron chi connectivity index (χ2n) is 10.4. The Morgan fingerprint density at radius 2 is 1.86 bits per heavy atom. The first kappa shape index (κ1) is 27.5. The lowest BCUT2D eigenvalue weighted by Gasteiger charge is -2.22. The number of pyridine rings is 1. The van der Waals surface area contributed by atoms with E-state index in [1.54, 1.807) is 29.8 Å². The standard InChI is InChI=1S/C30H22F3N5O3S2/c1-18-5-7-22(8-6-18)43(40,41)38-16-24(23-14-21(30(31,32)33)15-35-26(23)38)27-36-25(17-42-27)19-3-2-4-20(13-19)29(39)9-11-37-12-10-34-28(29)37/h2-8,10,12-17,39H,9,11H2,1H3/t29-/m0/s1. The molecule has 0 radical (unpaired) electrons. The molecule has 5 heterocycles. The molecule has 1 N–H and O–H groups in total. The first-order valence-electron chi connectivity index (χ1n) is 13.2. The first-order valence-corrected chi connectivity index (χ1v) is 15.5. The van der Waals surface area contributed by atoms with Crippen molar-refractivity contribution in [2.24, 2.45) is 0 Å². The van der Waals surface area contributed by atoms with Gasteiger partial charge in [0, 0.05) is 59.6 Å². The summed E-state index contributed by atoms with van der Waals surface area (Å²) in [6.45, 7) is 2.44. The van der Waals surface area contributed by atoms with Crippen molar-refractivity contribution in [1.29, 1.82) is 0 Å². The molecule has 218 valence electrons. The molecule has 1 aliphatic heterocycles. The van der Waals surface area contributed by atoms with Gasteiger partial charge in [0.05, 0.1) is 16.2 Å². The number of aryl methyl sites for hydroxylation is 2. The van der Waals surface area contributed by atoms with Gasteiger partial charge in [0.25, 0.3) is 10.0 Å². The molecule has 1 aliphatic rings. The minimum atomic E-state index is -4.68. The summed E-state index contributed by atoms with van der Waals surface area (Å²) in [5.74, 6) is 0.555. The first-order chi connectivity index (χ1) is 20.4. The number of alkyl halides is 3. The van der Waals surface area contributed by atoms with Crippen LogP contribution in [-0.4, -0.2) is 37.0 Å². The van der Waals surface area contributed by atoms with E-state index in [4.69, 9.17) is 4.98 Å². The molecule has 6 aromatic rings. The minimum Gasteiger partial charge on any atom is -0.377 e. The lowest BCUT2D eigenvalue weighted by molar-refractivity contribution is -0.137. The van der Waals surface area contributed by atoms with E-state index in [1.807, 2.05) is 35.9 Å². The Balaban J connectivity index is 1.34. The van der Waals surface area contributed by atoms with E-state index in [0.717, 1.165) is 15.6 Å². The van der Waals surface area contributed by atoms with Crippen LogP contribution in [0.25, 0.3) is 32.9 Å². The van der Waals surface area contributed by atoms with E-state index in [0.29, 0.717) is 46.8 Å². The van der Waals surface area contributed by atoms with E-state index < -0.39 is 27.4 Å². The number of thiazole rings is 1. The number of imidazole rings is 1. The summed E-state index contributed by atoms with van der Waals surface area (Å²) >= 11 is 1.17. The maximum Gasteiger partial charge on any atom is 0.417 e. The lowest BCUT2D eigenvalue weighted by Crippen LogP contribution is -2.25. The van der Waals surface area contributed by atoms with Crippen LogP contribution in [0.1, 0.15) is 28.9 Å². The van der Waals surface area contributed by atoms with E-state index in [9.17, 15) is 26.7 Å². The molecule has 1 atom stereocenters. The van der Waals surface area contributed by atoms with Gasteiger partial charge in [0.15, 0.2) is 5.65 Å². The molecule has 2 aromatic carbocycles. The number of hydrogen-bond donors (Lipinski definition) is 1. The third-order valence-electron chi connectivity index (χ3n) is 7.69. The van der Waals surface area contributed by atoms with Crippen molar-refractivity contribution >= 4 is 32.4 Å². The molecule has 0 spiro atoms. The van der Waals surface area contributed by atoms with E-state index in [1.165, 1.54) is 29.7 Å². The molecule has 4 aromatic heterocycles. The minimum absolute atomic E-state index is 0.00673. The summed E-state index contributed by atoms with van der Waals surface area (Å²) in [6.07, 6.45) is 1.15. The van der Waals surface area contributed by atoms with Crippen LogP contribution in [-0.2, 0) is 28.3 Å². The van der Waals surface area contributed by atoms with Gasteiger partial charge in [-0.25, -0.2) is 27.3 Å². The molecule has 0 aliphatic carbocycles. The highest BCUT2D eigenvalue weighted by Gasteiger charge is 2.40. The van der Waals surface area contributed by atoms with Crippen molar-refractivity contribution < 1.29 is 26.7 Å². The van der Waals surface area contributed by atoms with Gasteiger partial charge < -0.3 is 9.67 Å². The van der Waals surface area contributed by atoms with Gasteiger partial charge in [-0.3, -0.25) is 0 Å². The lowest BCUT2D eigenvalue weighted by atomic mass is 9.90. The molecule has 43 heavy (non-hydrogen) atoms. The maximum absolute atomic E-state index is 13.7. The molecule has 0 unspecified atom stereocenters. The second kappa shape index (κ2) is 9.59. The zero-order chi connectivity index (χ0) is 30.1. The summed E-state index contributed by atoms with van der Waals surface area (Å²) in [4.78, 5) is 13.0. The molecule has 0 fully saturated rings.